The molecular formula is C73H148N2O6P+. The zero-order valence-electron chi connectivity index (χ0n) is 56.3. The standard InChI is InChI=1S/C73H147N2O6P/c1-6-8-10-12-14-16-18-20-22-24-26-28-30-32-34-36-37-39-40-42-44-46-48-50-52-54-56-58-60-62-64-66-72(76)71(70-81-82(78,79)80-69-68-75(3,4)5)74-73(77)67-65-63-61-59-57-55-53-51-49-47-45-43-41-38-35-33-31-29-27-25-23-21-19-17-15-13-11-9-7-2/h25,27,71-72,76H,6-24,26,28-70H2,1-5H3,(H-,74,77,78,79)/p+1/b27-25-. The van der Waals surface area contributed by atoms with Crippen molar-refractivity contribution in [3.8, 4) is 0 Å². The maximum Gasteiger partial charge on any atom is 0.472 e. The summed E-state index contributed by atoms with van der Waals surface area (Å²) in [5, 5.41) is 14.2. The molecule has 3 atom stereocenters. The molecule has 0 aromatic rings. The monoisotopic (exact) mass is 1180 g/mol. The summed E-state index contributed by atoms with van der Waals surface area (Å²) in [5.41, 5.74) is 0. The van der Waals surface area contributed by atoms with Gasteiger partial charge in [-0.2, -0.15) is 0 Å². The van der Waals surface area contributed by atoms with E-state index in [1.807, 2.05) is 21.1 Å². The fourth-order valence-electron chi connectivity index (χ4n) is 11.8. The van der Waals surface area contributed by atoms with E-state index in [1.54, 1.807) is 0 Å². The third-order valence-electron chi connectivity index (χ3n) is 17.5. The topological polar surface area (TPSA) is 105 Å². The summed E-state index contributed by atoms with van der Waals surface area (Å²) < 4.78 is 23.9. The molecule has 9 heteroatoms. The Labute approximate surface area is 513 Å². The summed E-state index contributed by atoms with van der Waals surface area (Å²) in [7, 11) is 1.64. The van der Waals surface area contributed by atoms with Crippen molar-refractivity contribution in [3.05, 3.63) is 12.2 Å². The van der Waals surface area contributed by atoms with Gasteiger partial charge in [0.05, 0.1) is 39.9 Å². The summed E-state index contributed by atoms with van der Waals surface area (Å²) in [5.74, 6) is -0.134. The number of hydrogen-bond donors (Lipinski definition) is 3. The smallest absolute Gasteiger partial charge is 0.391 e. The Bertz CT molecular complexity index is 1340. The molecule has 3 unspecified atom stereocenters. The lowest BCUT2D eigenvalue weighted by Crippen LogP contribution is -2.46. The van der Waals surface area contributed by atoms with Gasteiger partial charge in [0.2, 0.25) is 5.91 Å². The van der Waals surface area contributed by atoms with Gasteiger partial charge in [0.15, 0.2) is 0 Å². The van der Waals surface area contributed by atoms with E-state index in [1.165, 1.54) is 334 Å². The minimum absolute atomic E-state index is 0.0783. The van der Waals surface area contributed by atoms with Crippen molar-refractivity contribution in [2.24, 2.45) is 0 Å². The molecule has 0 radical (unpaired) electrons. The highest BCUT2D eigenvalue weighted by molar-refractivity contribution is 7.47. The average molecular weight is 1180 g/mol. The maximum atomic E-state index is 13.1. The van der Waals surface area contributed by atoms with Gasteiger partial charge in [-0.25, -0.2) is 4.57 Å². The number of carbonyl (C=O) groups is 1. The number of phosphoric acid groups is 1. The second-order valence-electron chi connectivity index (χ2n) is 27.0. The lowest BCUT2D eigenvalue weighted by atomic mass is 10.0. The Balaban J connectivity index is 3.96. The molecule has 0 saturated carbocycles. The van der Waals surface area contributed by atoms with E-state index < -0.39 is 20.0 Å². The summed E-state index contributed by atoms with van der Waals surface area (Å²) in [6.45, 7) is 4.96. The molecule has 0 aliphatic rings. The molecule has 490 valence electrons. The fourth-order valence-corrected chi connectivity index (χ4v) is 12.5. The number of amides is 1. The van der Waals surface area contributed by atoms with Gasteiger partial charge >= 0.3 is 7.82 Å². The molecule has 3 N–H and O–H groups in total. The number of rotatable bonds is 70. The van der Waals surface area contributed by atoms with Crippen LogP contribution in [0.25, 0.3) is 0 Å². The van der Waals surface area contributed by atoms with Gasteiger partial charge in [-0.1, -0.05) is 366 Å². The second kappa shape index (κ2) is 64.7. The van der Waals surface area contributed by atoms with Crippen LogP contribution in [0.3, 0.4) is 0 Å². The van der Waals surface area contributed by atoms with Crippen LogP contribution in [0.2, 0.25) is 0 Å². The molecule has 0 aromatic carbocycles. The van der Waals surface area contributed by atoms with E-state index in [0.29, 0.717) is 23.9 Å². The molecule has 0 aliphatic carbocycles. The molecule has 8 nitrogen and oxygen atoms in total. The number of likely N-dealkylation sites (N-methyl/N-ethyl adjacent to an activating group) is 1. The highest BCUT2D eigenvalue weighted by atomic mass is 31.2. The van der Waals surface area contributed by atoms with Crippen molar-refractivity contribution < 1.29 is 32.9 Å². The quantitative estimate of drug-likeness (QED) is 0.0243. The average Bonchev–Trinajstić information content (AvgIpc) is 3.47. The predicted octanol–water partition coefficient (Wildman–Crippen LogP) is 23.7. The van der Waals surface area contributed by atoms with E-state index in [4.69, 9.17) is 9.05 Å². The minimum Gasteiger partial charge on any atom is -0.391 e. The number of hydrogen-bond acceptors (Lipinski definition) is 5. The van der Waals surface area contributed by atoms with Crippen LogP contribution in [0.4, 0.5) is 0 Å². The number of nitrogens with one attached hydrogen (secondary N) is 1. The van der Waals surface area contributed by atoms with Crippen molar-refractivity contribution >= 4 is 13.7 Å². The molecule has 0 aliphatic heterocycles. The minimum atomic E-state index is -4.33. The van der Waals surface area contributed by atoms with Crippen molar-refractivity contribution in [1.29, 1.82) is 0 Å². The first-order valence-corrected chi connectivity index (χ1v) is 38.5. The van der Waals surface area contributed by atoms with E-state index in [2.05, 4.69) is 31.3 Å². The number of unbranched alkanes of at least 4 members (excludes halogenated alkanes) is 55. The largest absolute Gasteiger partial charge is 0.472 e. The van der Waals surface area contributed by atoms with Crippen molar-refractivity contribution in [1.82, 2.24) is 5.32 Å². The second-order valence-corrected chi connectivity index (χ2v) is 28.5. The number of aliphatic hydroxyl groups excluding tert-OH is 1. The van der Waals surface area contributed by atoms with Crippen LogP contribution in [0, 0.1) is 0 Å². The van der Waals surface area contributed by atoms with E-state index in [9.17, 15) is 19.4 Å². The number of allylic oxidation sites excluding steroid dienone is 2. The lowest BCUT2D eigenvalue weighted by molar-refractivity contribution is -0.870. The Morgan fingerprint density at radius 2 is 0.659 bits per heavy atom. The first kappa shape index (κ1) is 81.2. The molecule has 0 heterocycles. The Hall–Kier alpha value is -0.760. The number of nitrogens with zero attached hydrogens (tertiary/aromatic N) is 1. The molecule has 0 fully saturated rings. The van der Waals surface area contributed by atoms with Crippen LogP contribution in [0.15, 0.2) is 12.2 Å². The van der Waals surface area contributed by atoms with Crippen molar-refractivity contribution in [2.75, 3.05) is 40.9 Å². The van der Waals surface area contributed by atoms with Crippen LogP contribution in [0.5, 0.6) is 0 Å². The highest BCUT2D eigenvalue weighted by Gasteiger charge is 2.28. The van der Waals surface area contributed by atoms with Crippen molar-refractivity contribution in [3.63, 3.8) is 0 Å². The van der Waals surface area contributed by atoms with Crippen LogP contribution < -0.4 is 5.32 Å². The van der Waals surface area contributed by atoms with Gasteiger partial charge in [0, 0.05) is 6.42 Å². The molecule has 0 aromatic heterocycles. The molecule has 0 spiro atoms. The Morgan fingerprint density at radius 1 is 0.402 bits per heavy atom. The van der Waals surface area contributed by atoms with Gasteiger partial charge < -0.3 is 19.8 Å². The maximum absolute atomic E-state index is 13.1. The Morgan fingerprint density at radius 3 is 0.939 bits per heavy atom. The lowest BCUT2D eigenvalue weighted by Gasteiger charge is -2.26. The molecular weight excluding hydrogens is 1030 g/mol. The van der Waals surface area contributed by atoms with Crippen LogP contribution in [0.1, 0.15) is 399 Å². The zero-order valence-corrected chi connectivity index (χ0v) is 57.2. The first-order valence-electron chi connectivity index (χ1n) is 37.1. The van der Waals surface area contributed by atoms with Gasteiger partial charge in [-0.15, -0.1) is 0 Å². The SMILES string of the molecule is CCCCCCCCCC/C=C\CCCCCCCCCCCCCCCCCCCC(=O)NC(COP(=O)(O)OCC[N+](C)(C)C)C(O)CCCCCCCCCCCCCCCCCCCCCCCCCCCCCCCCC. The summed E-state index contributed by atoms with van der Waals surface area (Å²) >= 11 is 0. The fraction of sp³-hybridized carbons (Fsp3) is 0.959. The molecule has 1 amide bonds. The summed E-state index contributed by atoms with van der Waals surface area (Å²) in [4.78, 5) is 23.5. The third kappa shape index (κ3) is 66.8. The normalized spacial score (nSPS) is 13.6. The highest BCUT2D eigenvalue weighted by Crippen LogP contribution is 2.43. The van der Waals surface area contributed by atoms with Crippen LogP contribution >= 0.6 is 7.82 Å². The number of quaternary nitrogens is 1. The van der Waals surface area contributed by atoms with E-state index in [-0.39, 0.29) is 19.1 Å². The van der Waals surface area contributed by atoms with E-state index >= 15 is 0 Å². The first-order chi connectivity index (χ1) is 40.0. The number of aliphatic hydroxyl groups is 1. The summed E-state index contributed by atoms with van der Waals surface area (Å²) in [6, 6.07) is -0.759. The van der Waals surface area contributed by atoms with Gasteiger partial charge in [-0.3, -0.25) is 13.8 Å². The third-order valence-corrected chi connectivity index (χ3v) is 18.5. The van der Waals surface area contributed by atoms with Crippen molar-refractivity contribution in [2.45, 2.75) is 411 Å². The van der Waals surface area contributed by atoms with Gasteiger partial charge in [0.1, 0.15) is 13.2 Å². The molecule has 0 bridgehead atoms. The zero-order chi connectivity index (χ0) is 59.8. The Kier molecular flexibility index (Phi) is 64.1. The number of carbonyl (C=O) groups excluding carboxylic acids is 1. The van der Waals surface area contributed by atoms with Crippen LogP contribution in [-0.2, 0) is 18.4 Å². The molecule has 0 saturated heterocycles. The van der Waals surface area contributed by atoms with Crippen LogP contribution in [-0.4, -0.2) is 73.4 Å². The molecule has 82 heavy (non-hydrogen) atoms. The summed E-state index contributed by atoms with van der Waals surface area (Å²) in [6.07, 6.45) is 83.3. The molecule has 0 rings (SSSR count). The van der Waals surface area contributed by atoms with E-state index in [0.717, 1.165) is 38.5 Å². The van der Waals surface area contributed by atoms with Gasteiger partial charge in [0.25, 0.3) is 0 Å². The predicted molar refractivity (Wildman–Crippen MR) is 360 cm³/mol. The van der Waals surface area contributed by atoms with Gasteiger partial charge in [-0.05, 0) is 38.5 Å². The number of phosphoric ester groups is 1.